The van der Waals surface area contributed by atoms with Gasteiger partial charge in [-0.3, -0.25) is 0 Å². The van der Waals surface area contributed by atoms with Crippen LogP contribution in [0.15, 0.2) is 24.3 Å². The SMILES string of the molecule is CC(O)COC(=O)/C=C\C(=O)[O-].CC(O)COC(=O)/C=C\C(=O)[O-].[CH2]CC.[CH2]CC.[Sn+2]. The predicted octanol–water partition coefficient (Wildman–Crippen LogP) is -1.49. The van der Waals surface area contributed by atoms with Gasteiger partial charge in [-0.1, -0.05) is 40.5 Å². The molecule has 0 saturated heterocycles. The van der Waals surface area contributed by atoms with Crippen LogP contribution < -0.4 is 10.2 Å². The molecule has 0 heterocycles. The van der Waals surface area contributed by atoms with Gasteiger partial charge in [-0.2, -0.15) is 0 Å². The van der Waals surface area contributed by atoms with Gasteiger partial charge in [0.1, 0.15) is 13.2 Å². The van der Waals surface area contributed by atoms with Crippen molar-refractivity contribution in [1.29, 1.82) is 0 Å². The quantitative estimate of drug-likeness (QED) is 0.206. The molecule has 0 aliphatic heterocycles. The number of carbonyl (C=O) groups excluding carboxylic acids is 4. The maximum Gasteiger partial charge on any atom is 2.00 e. The largest absolute Gasteiger partial charge is 2.00 e. The first kappa shape index (κ1) is 39.5. The molecular weight excluding hydrogens is 519 g/mol. The molecule has 0 aromatic rings. The molecule has 176 valence electrons. The molecule has 0 aromatic carbocycles. The van der Waals surface area contributed by atoms with Crippen LogP contribution in [0.3, 0.4) is 0 Å². The molecule has 0 amide bonds. The fourth-order valence-corrected chi connectivity index (χ4v) is 0.774. The van der Waals surface area contributed by atoms with E-state index in [0.29, 0.717) is 12.2 Å². The number of carboxylic acids is 2. The van der Waals surface area contributed by atoms with E-state index in [9.17, 15) is 29.4 Å². The Morgan fingerprint density at radius 1 is 0.774 bits per heavy atom. The molecule has 0 aliphatic carbocycles. The van der Waals surface area contributed by atoms with Crippen LogP contribution in [0.1, 0.15) is 40.5 Å². The van der Waals surface area contributed by atoms with Crippen molar-refractivity contribution in [2.24, 2.45) is 0 Å². The van der Waals surface area contributed by atoms with Gasteiger partial charge in [0.15, 0.2) is 0 Å². The van der Waals surface area contributed by atoms with Gasteiger partial charge in [0.05, 0.1) is 24.1 Å². The summed E-state index contributed by atoms with van der Waals surface area (Å²) in [6.07, 6.45) is 3.04. The first-order valence-electron chi connectivity index (χ1n) is 8.93. The van der Waals surface area contributed by atoms with E-state index in [2.05, 4.69) is 23.3 Å². The van der Waals surface area contributed by atoms with Gasteiger partial charge >= 0.3 is 35.8 Å². The van der Waals surface area contributed by atoms with Crippen LogP contribution in [0.4, 0.5) is 0 Å². The summed E-state index contributed by atoms with van der Waals surface area (Å²) in [5.74, 6) is -4.58. The Labute approximate surface area is 200 Å². The van der Waals surface area contributed by atoms with Crippen LogP contribution >= 0.6 is 0 Å². The number of hydrogen-bond acceptors (Lipinski definition) is 10. The Morgan fingerprint density at radius 3 is 1.16 bits per heavy atom. The number of ether oxygens (including phenoxy) is 2. The van der Waals surface area contributed by atoms with Gasteiger partial charge in [-0.15, -0.1) is 0 Å². The third kappa shape index (κ3) is 58.4. The molecule has 0 aromatic heterocycles. The fraction of sp³-hybridized carbons (Fsp3) is 0.500. The van der Waals surface area contributed by atoms with Gasteiger partial charge in [-0.25, -0.2) is 9.59 Å². The van der Waals surface area contributed by atoms with E-state index in [1.54, 1.807) is 0 Å². The Morgan fingerprint density at radius 2 is 1.00 bits per heavy atom. The Balaban J connectivity index is -0.000000113. The summed E-state index contributed by atoms with van der Waals surface area (Å²) < 4.78 is 8.77. The van der Waals surface area contributed by atoms with Crippen molar-refractivity contribution >= 4 is 47.8 Å². The zero-order chi connectivity index (χ0) is 24.5. The Hall–Kier alpha value is -1.92. The number of rotatable bonds is 8. The van der Waals surface area contributed by atoms with Crippen molar-refractivity contribution in [3.63, 3.8) is 0 Å². The van der Waals surface area contributed by atoms with Crippen molar-refractivity contribution in [1.82, 2.24) is 0 Å². The number of hydrogen-bond donors (Lipinski definition) is 2. The molecule has 0 spiro atoms. The molecular formula is C20H32O10Sn. The molecule has 0 fully saturated rings. The maximum absolute atomic E-state index is 10.5. The molecule has 0 aliphatic rings. The van der Waals surface area contributed by atoms with E-state index < -0.39 is 36.1 Å². The van der Waals surface area contributed by atoms with Crippen LogP contribution in [0.5, 0.6) is 0 Å². The smallest absolute Gasteiger partial charge is 0.545 e. The molecule has 2 N–H and O–H groups in total. The van der Waals surface area contributed by atoms with Crippen molar-refractivity contribution in [2.45, 2.75) is 52.7 Å². The molecule has 2 atom stereocenters. The van der Waals surface area contributed by atoms with Crippen LogP contribution in [0.25, 0.3) is 0 Å². The molecule has 10 nitrogen and oxygen atoms in total. The van der Waals surface area contributed by atoms with Gasteiger partial charge < -0.3 is 39.5 Å². The number of carbonyl (C=O) groups is 4. The number of esters is 2. The number of aliphatic hydroxyl groups excluding tert-OH is 2. The van der Waals surface area contributed by atoms with E-state index >= 15 is 0 Å². The first-order valence-corrected chi connectivity index (χ1v) is 8.93. The summed E-state index contributed by atoms with van der Waals surface area (Å²) in [6, 6.07) is 0. The Bertz CT molecular complexity index is 468. The average Bonchev–Trinajstić information content (AvgIpc) is 2.63. The van der Waals surface area contributed by atoms with E-state index in [1.165, 1.54) is 13.8 Å². The molecule has 31 heavy (non-hydrogen) atoms. The summed E-state index contributed by atoms with van der Waals surface area (Å²) in [4.78, 5) is 40.7. The van der Waals surface area contributed by atoms with Gasteiger partial charge in [0, 0.05) is 12.2 Å². The first-order chi connectivity index (χ1) is 13.9. The van der Waals surface area contributed by atoms with Crippen molar-refractivity contribution < 1.29 is 49.1 Å². The molecule has 2 unspecified atom stereocenters. The fourth-order valence-electron chi connectivity index (χ4n) is 0.774. The van der Waals surface area contributed by atoms with Crippen LogP contribution in [0.2, 0.25) is 0 Å². The summed E-state index contributed by atoms with van der Waals surface area (Å²) in [7, 11) is 0. The van der Waals surface area contributed by atoms with E-state index in [0.717, 1.165) is 25.0 Å². The Kier molecular flexibility index (Phi) is 38.6. The predicted molar refractivity (Wildman–Crippen MR) is 111 cm³/mol. The number of aliphatic carboxylic acids is 2. The molecule has 0 rings (SSSR count). The molecule has 0 saturated carbocycles. The van der Waals surface area contributed by atoms with E-state index in [4.69, 9.17) is 10.2 Å². The van der Waals surface area contributed by atoms with Crippen LogP contribution in [0, 0.1) is 13.8 Å². The topological polar surface area (TPSA) is 173 Å². The van der Waals surface area contributed by atoms with Crippen molar-refractivity contribution in [3.05, 3.63) is 38.2 Å². The van der Waals surface area contributed by atoms with Crippen LogP contribution in [-0.4, -0.2) is 83.4 Å². The zero-order valence-electron chi connectivity index (χ0n) is 18.4. The summed E-state index contributed by atoms with van der Waals surface area (Å²) in [5.41, 5.74) is 0. The van der Waals surface area contributed by atoms with Gasteiger partial charge in [0.2, 0.25) is 0 Å². The van der Waals surface area contributed by atoms with Gasteiger partial charge in [0.25, 0.3) is 0 Å². The van der Waals surface area contributed by atoms with Crippen molar-refractivity contribution in [3.8, 4) is 0 Å². The van der Waals surface area contributed by atoms with E-state index in [1.807, 2.05) is 13.8 Å². The van der Waals surface area contributed by atoms with Crippen LogP contribution in [-0.2, 0) is 28.7 Å². The maximum atomic E-state index is 10.5. The minimum absolute atomic E-state index is 0. The summed E-state index contributed by atoms with van der Waals surface area (Å²) in [5, 5.41) is 36.9. The minimum Gasteiger partial charge on any atom is -0.545 e. The zero-order valence-corrected chi connectivity index (χ0v) is 21.2. The summed E-state index contributed by atoms with van der Waals surface area (Å²) in [6.45, 7) is 13.6. The molecule has 11 heteroatoms. The second kappa shape index (κ2) is 30.3. The minimum atomic E-state index is -1.47. The summed E-state index contributed by atoms with van der Waals surface area (Å²) >= 11 is 0. The van der Waals surface area contributed by atoms with Crippen molar-refractivity contribution in [2.75, 3.05) is 13.2 Å². The normalized spacial score (nSPS) is 11.1. The van der Waals surface area contributed by atoms with Gasteiger partial charge in [-0.05, 0) is 26.0 Å². The third-order valence-corrected chi connectivity index (χ3v) is 1.64. The number of aliphatic hydroxyl groups is 2. The molecule has 0 bridgehead atoms. The second-order valence-electron chi connectivity index (χ2n) is 5.26. The molecule has 4 radical (unpaired) electrons. The van der Waals surface area contributed by atoms with E-state index in [-0.39, 0.29) is 37.1 Å². The third-order valence-electron chi connectivity index (χ3n) is 1.64. The second-order valence-corrected chi connectivity index (χ2v) is 5.26. The standard InChI is InChI=1S/2C7H10O5.2C3H7.Sn/c2*1-5(8)4-12-7(11)3-2-6(9)10;2*1-3-2;/h2*2-3,5,8H,4H2,1H3,(H,9,10);2*1,3H2,2H3;/q;;;;+2/p-2/b2*3-2-;;;. The monoisotopic (exact) mass is 552 g/mol. The number of carboxylic acid groups (broad SMARTS) is 2. The average molecular weight is 551 g/mol.